The molecule has 0 unspecified atom stereocenters. The number of allylic oxidation sites excluding steroid dienone is 4. The molecule has 1 aromatic carbocycles. The first-order chi connectivity index (χ1) is 15.4. The van der Waals surface area contributed by atoms with Gasteiger partial charge in [0.2, 0.25) is 0 Å². The van der Waals surface area contributed by atoms with E-state index in [4.69, 9.17) is 21.7 Å². The Labute approximate surface area is 193 Å². The number of nitrogens with one attached hydrogen (secondary N) is 3. The van der Waals surface area contributed by atoms with E-state index in [0.29, 0.717) is 46.7 Å². The number of fused-ring (bicyclic) bond motifs is 1. The number of nitrogens with zero attached hydrogens (tertiary/aromatic N) is 2. The maximum atomic E-state index is 14.6. The molecule has 0 atom stereocenters. The molecule has 3 N–H and O–H groups in total. The first kappa shape index (κ1) is 23.8. The van der Waals surface area contributed by atoms with Crippen molar-refractivity contribution >= 4 is 29.2 Å². The molecular formula is C24H29ClFN5O. The monoisotopic (exact) mass is 457 g/mol. The Balaban J connectivity index is 2.00. The van der Waals surface area contributed by atoms with E-state index in [0.717, 1.165) is 30.6 Å². The van der Waals surface area contributed by atoms with Crippen molar-refractivity contribution in [3.8, 4) is 17.0 Å². The minimum absolute atomic E-state index is 0.322. The van der Waals surface area contributed by atoms with Crippen LogP contribution in [0.2, 0.25) is 5.02 Å². The molecule has 0 spiro atoms. The first-order valence-corrected chi connectivity index (χ1v) is 10.9. The summed E-state index contributed by atoms with van der Waals surface area (Å²) in [7, 11) is 4.07. The van der Waals surface area contributed by atoms with Gasteiger partial charge in [0.25, 0.3) is 0 Å². The maximum absolute atomic E-state index is 14.6. The SMILES string of the molecule is C/C=C(\C=C(/C=N)NCCCN(C)C)c1cc(-c2cc(Cl)ccc2F)nc2c1OCCN2. The van der Waals surface area contributed by atoms with Crippen molar-refractivity contribution in [3.63, 3.8) is 0 Å². The molecule has 1 aliphatic heterocycles. The number of ether oxygens (including phenoxy) is 1. The van der Waals surface area contributed by atoms with Crippen molar-refractivity contribution in [1.82, 2.24) is 15.2 Å². The van der Waals surface area contributed by atoms with Gasteiger partial charge in [0, 0.05) is 28.9 Å². The first-order valence-electron chi connectivity index (χ1n) is 10.6. The number of aromatic nitrogens is 1. The average molecular weight is 458 g/mol. The fraction of sp³-hybridized carbons (Fsp3) is 0.333. The third-order valence-corrected chi connectivity index (χ3v) is 5.25. The lowest BCUT2D eigenvalue weighted by atomic mass is 10.00. The molecule has 0 aliphatic carbocycles. The lowest BCUT2D eigenvalue weighted by molar-refractivity contribution is 0.320. The lowest BCUT2D eigenvalue weighted by Crippen LogP contribution is -2.22. The second kappa shape index (κ2) is 11.1. The van der Waals surface area contributed by atoms with Crippen molar-refractivity contribution in [2.24, 2.45) is 0 Å². The van der Waals surface area contributed by atoms with E-state index in [1.807, 2.05) is 33.2 Å². The topological polar surface area (TPSA) is 73.3 Å². The van der Waals surface area contributed by atoms with Crippen LogP contribution in [0.15, 0.2) is 42.1 Å². The summed E-state index contributed by atoms with van der Waals surface area (Å²) in [5, 5.41) is 14.8. The highest BCUT2D eigenvalue weighted by molar-refractivity contribution is 6.30. The molecule has 1 aromatic heterocycles. The Hall–Kier alpha value is -2.90. The predicted octanol–water partition coefficient (Wildman–Crippen LogP) is 4.82. The van der Waals surface area contributed by atoms with E-state index in [9.17, 15) is 4.39 Å². The molecule has 0 radical (unpaired) electrons. The Morgan fingerprint density at radius 1 is 1.38 bits per heavy atom. The lowest BCUT2D eigenvalue weighted by Gasteiger charge is -2.23. The summed E-state index contributed by atoms with van der Waals surface area (Å²) in [6.07, 6.45) is 6.09. The fourth-order valence-corrected chi connectivity index (χ4v) is 3.60. The zero-order valence-corrected chi connectivity index (χ0v) is 19.4. The Morgan fingerprint density at radius 2 is 2.19 bits per heavy atom. The van der Waals surface area contributed by atoms with Crippen molar-refractivity contribution in [2.45, 2.75) is 13.3 Å². The summed E-state index contributed by atoms with van der Waals surface area (Å²) in [5.41, 5.74) is 3.08. The molecule has 0 saturated carbocycles. The summed E-state index contributed by atoms with van der Waals surface area (Å²) in [5.74, 6) is 0.778. The highest BCUT2D eigenvalue weighted by atomic mass is 35.5. The molecule has 8 heteroatoms. The summed E-state index contributed by atoms with van der Waals surface area (Å²) in [4.78, 5) is 6.71. The molecule has 3 rings (SSSR count). The van der Waals surface area contributed by atoms with E-state index in [1.54, 1.807) is 12.1 Å². The van der Waals surface area contributed by atoms with Gasteiger partial charge in [0.1, 0.15) is 12.4 Å². The van der Waals surface area contributed by atoms with Gasteiger partial charge >= 0.3 is 0 Å². The van der Waals surface area contributed by atoms with Crippen LogP contribution in [0, 0.1) is 11.2 Å². The summed E-state index contributed by atoms with van der Waals surface area (Å²) >= 11 is 6.12. The maximum Gasteiger partial charge on any atom is 0.170 e. The molecule has 0 bridgehead atoms. The quantitative estimate of drug-likeness (QED) is 0.286. The van der Waals surface area contributed by atoms with Crippen LogP contribution in [0.5, 0.6) is 5.75 Å². The average Bonchev–Trinajstić information content (AvgIpc) is 2.79. The van der Waals surface area contributed by atoms with Crippen LogP contribution in [0.25, 0.3) is 16.8 Å². The van der Waals surface area contributed by atoms with Crippen LogP contribution in [0.1, 0.15) is 18.9 Å². The van der Waals surface area contributed by atoms with E-state index in [1.165, 1.54) is 18.3 Å². The van der Waals surface area contributed by atoms with Crippen molar-refractivity contribution in [2.75, 3.05) is 45.7 Å². The van der Waals surface area contributed by atoms with Crippen LogP contribution in [0.3, 0.4) is 0 Å². The normalized spacial score (nSPS) is 13.9. The number of benzene rings is 1. The minimum atomic E-state index is -0.398. The molecule has 6 nitrogen and oxygen atoms in total. The summed E-state index contributed by atoms with van der Waals surface area (Å²) < 4.78 is 20.5. The van der Waals surface area contributed by atoms with E-state index in [-0.39, 0.29) is 0 Å². The van der Waals surface area contributed by atoms with Gasteiger partial charge in [-0.1, -0.05) is 17.7 Å². The predicted molar refractivity (Wildman–Crippen MR) is 130 cm³/mol. The second-order valence-corrected chi connectivity index (χ2v) is 8.14. The third-order valence-electron chi connectivity index (χ3n) is 5.02. The molecule has 2 aromatic rings. The summed E-state index contributed by atoms with van der Waals surface area (Å²) in [6.45, 7) is 4.75. The second-order valence-electron chi connectivity index (χ2n) is 7.70. The van der Waals surface area contributed by atoms with Crippen LogP contribution in [0.4, 0.5) is 10.2 Å². The van der Waals surface area contributed by atoms with Gasteiger partial charge in [-0.15, -0.1) is 0 Å². The highest BCUT2D eigenvalue weighted by Gasteiger charge is 2.21. The third kappa shape index (κ3) is 5.87. The Kier molecular flexibility index (Phi) is 8.25. The molecule has 2 heterocycles. The number of pyridine rings is 1. The number of anilines is 1. The molecule has 0 fully saturated rings. The largest absolute Gasteiger partial charge is 0.487 e. The van der Waals surface area contributed by atoms with Gasteiger partial charge in [-0.3, -0.25) is 0 Å². The molecule has 170 valence electrons. The number of hydrogen-bond acceptors (Lipinski definition) is 6. The molecule has 1 aliphatic rings. The van der Waals surface area contributed by atoms with Crippen LogP contribution < -0.4 is 15.4 Å². The highest BCUT2D eigenvalue weighted by Crippen LogP contribution is 2.39. The Morgan fingerprint density at radius 3 is 2.91 bits per heavy atom. The fourth-order valence-electron chi connectivity index (χ4n) is 3.42. The standard InChI is InChI=1S/C24H29ClFN5O/c1-4-16(12-18(15-27)28-8-5-10-31(2)3)19-14-22(20-13-17(25)6-7-21(20)26)30-24-23(19)32-11-9-29-24/h4,6-7,12-15,27-28H,5,8-11H2,1-3H3,(H,29,30)/b16-4+,18-12+,27-15?. The van der Waals surface area contributed by atoms with Crippen molar-refractivity contribution < 1.29 is 9.13 Å². The number of halogens is 2. The van der Waals surface area contributed by atoms with Gasteiger partial charge in [-0.25, -0.2) is 9.37 Å². The molecular weight excluding hydrogens is 429 g/mol. The number of hydrogen-bond donors (Lipinski definition) is 3. The molecule has 32 heavy (non-hydrogen) atoms. The molecule has 0 amide bonds. The van der Waals surface area contributed by atoms with Gasteiger partial charge in [0.15, 0.2) is 11.6 Å². The van der Waals surface area contributed by atoms with Gasteiger partial charge < -0.3 is 25.7 Å². The summed E-state index contributed by atoms with van der Waals surface area (Å²) in [6, 6.07) is 6.22. The van der Waals surface area contributed by atoms with E-state index >= 15 is 0 Å². The number of rotatable bonds is 9. The van der Waals surface area contributed by atoms with Crippen molar-refractivity contribution in [3.05, 3.63) is 58.5 Å². The van der Waals surface area contributed by atoms with E-state index in [2.05, 4.69) is 20.5 Å². The minimum Gasteiger partial charge on any atom is -0.487 e. The van der Waals surface area contributed by atoms with E-state index < -0.39 is 5.82 Å². The van der Waals surface area contributed by atoms with Gasteiger partial charge in [-0.05, 0) is 69.9 Å². The van der Waals surface area contributed by atoms with Gasteiger partial charge in [0.05, 0.1) is 17.9 Å². The smallest absolute Gasteiger partial charge is 0.170 e. The van der Waals surface area contributed by atoms with Crippen molar-refractivity contribution in [1.29, 1.82) is 5.41 Å². The zero-order chi connectivity index (χ0) is 23.1. The van der Waals surface area contributed by atoms with Gasteiger partial charge in [-0.2, -0.15) is 0 Å². The van der Waals surface area contributed by atoms with Crippen LogP contribution >= 0.6 is 11.6 Å². The van der Waals surface area contributed by atoms with Crippen LogP contribution in [-0.2, 0) is 0 Å². The van der Waals surface area contributed by atoms with Crippen LogP contribution in [-0.4, -0.2) is 56.4 Å². The zero-order valence-electron chi connectivity index (χ0n) is 18.6. The Bertz CT molecular complexity index is 1040. The molecule has 0 saturated heterocycles.